The van der Waals surface area contributed by atoms with Gasteiger partial charge < -0.3 is 4.90 Å². The summed E-state index contributed by atoms with van der Waals surface area (Å²) in [5, 5.41) is -0.539. The van der Waals surface area contributed by atoms with Crippen molar-refractivity contribution in [1.82, 2.24) is 4.90 Å². The monoisotopic (exact) mass is 265 g/mol. The lowest BCUT2D eigenvalue weighted by Gasteiger charge is -2.29. The molecule has 1 aromatic carbocycles. The molecule has 3 heteroatoms. The van der Waals surface area contributed by atoms with Gasteiger partial charge >= 0.3 is 0 Å². The maximum absolute atomic E-state index is 12.4. The van der Waals surface area contributed by atoms with Crippen molar-refractivity contribution in [3.05, 3.63) is 34.9 Å². The summed E-state index contributed by atoms with van der Waals surface area (Å²) in [5.74, 6) is 0.0602. The number of aryl methyl sites for hydroxylation is 1. The van der Waals surface area contributed by atoms with Gasteiger partial charge in [-0.2, -0.15) is 0 Å². The molecule has 1 aliphatic heterocycles. The summed E-state index contributed by atoms with van der Waals surface area (Å²) in [6.45, 7) is 5.79. The summed E-state index contributed by atoms with van der Waals surface area (Å²) in [7, 11) is 0. The lowest BCUT2D eigenvalue weighted by molar-refractivity contribution is -0.131. The van der Waals surface area contributed by atoms with Crippen molar-refractivity contribution in [2.75, 3.05) is 13.1 Å². The fourth-order valence-electron chi connectivity index (χ4n) is 2.46. The fraction of sp³-hybridized carbons (Fsp3) is 0.533. The number of rotatable bonds is 2. The number of hydrogen-bond donors (Lipinski definition) is 0. The number of alkyl halides is 1. The Morgan fingerprint density at radius 1 is 1.22 bits per heavy atom. The Kier molecular flexibility index (Phi) is 4.28. The average Bonchev–Trinajstić information content (AvgIpc) is 2.41. The minimum atomic E-state index is -0.539. The van der Waals surface area contributed by atoms with Crippen molar-refractivity contribution in [2.45, 2.75) is 38.5 Å². The third-order valence-electron chi connectivity index (χ3n) is 3.80. The molecule has 1 amide bonds. The highest BCUT2D eigenvalue weighted by atomic mass is 35.5. The van der Waals surface area contributed by atoms with E-state index in [1.54, 1.807) is 0 Å². The van der Waals surface area contributed by atoms with Crippen LogP contribution in [0, 0.1) is 13.8 Å². The van der Waals surface area contributed by atoms with Crippen molar-refractivity contribution in [3.8, 4) is 0 Å². The molecule has 2 nitrogen and oxygen atoms in total. The minimum Gasteiger partial charge on any atom is -0.341 e. The van der Waals surface area contributed by atoms with E-state index in [-0.39, 0.29) is 5.91 Å². The first-order chi connectivity index (χ1) is 8.61. The van der Waals surface area contributed by atoms with Gasteiger partial charge in [0.1, 0.15) is 5.38 Å². The summed E-state index contributed by atoms with van der Waals surface area (Å²) in [6, 6.07) is 5.98. The minimum absolute atomic E-state index is 0.0602. The lowest BCUT2D eigenvalue weighted by Crippen LogP contribution is -2.37. The molecule has 1 heterocycles. The van der Waals surface area contributed by atoms with Crippen LogP contribution in [0.15, 0.2) is 18.2 Å². The highest BCUT2D eigenvalue weighted by molar-refractivity contribution is 6.30. The second-order valence-corrected chi connectivity index (χ2v) is 5.47. The SMILES string of the molecule is Cc1cccc(C(Cl)C(=O)N2CCCCC2)c1C. The van der Waals surface area contributed by atoms with Crippen LogP contribution in [0.2, 0.25) is 0 Å². The average molecular weight is 266 g/mol. The number of nitrogens with zero attached hydrogens (tertiary/aromatic N) is 1. The third-order valence-corrected chi connectivity index (χ3v) is 4.23. The molecule has 0 aromatic heterocycles. The quantitative estimate of drug-likeness (QED) is 0.749. The molecular formula is C15H20ClNO. The number of carbonyl (C=O) groups is 1. The fourth-order valence-corrected chi connectivity index (χ4v) is 2.83. The van der Waals surface area contributed by atoms with E-state index in [0.29, 0.717) is 0 Å². The molecule has 1 unspecified atom stereocenters. The summed E-state index contributed by atoms with van der Waals surface area (Å²) in [6.07, 6.45) is 3.42. The zero-order valence-electron chi connectivity index (χ0n) is 11.1. The van der Waals surface area contributed by atoms with Gasteiger partial charge in [-0.05, 0) is 49.8 Å². The molecule has 1 atom stereocenters. The van der Waals surface area contributed by atoms with Crippen LogP contribution >= 0.6 is 11.6 Å². The summed E-state index contributed by atoms with van der Waals surface area (Å²) in [5.41, 5.74) is 3.26. The van der Waals surface area contributed by atoms with E-state index in [1.807, 2.05) is 36.9 Å². The number of halogens is 1. The first-order valence-electron chi connectivity index (χ1n) is 6.60. The molecule has 0 radical (unpaired) electrons. The Morgan fingerprint density at radius 2 is 1.89 bits per heavy atom. The molecule has 98 valence electrons. The van der Waals surface area contributed by atoms with E-state index in [2.05, 4.69) is 0 Å². The third kappa shape index (κ3) is 2.69. The van der Waals surface area contributed by atoms with Crippen molar-refractivity contribution in [2.24, 2.45) is 0 Å². The number of carbonyl (C=O) groups excluding carboxylic acids is 1. The van der Waals surface area contributed by atoms with E-state index in [4.69, 9.17) is 11.6 Å². The molecular weight excluding hydrogens is 246 g/mol. The van der Waals surface area contributed by atoms with Crippen LogP contribution < -0.4 is 0 Å². The standard InChI is InChI=1S/C15H20ClNO/c1-11-7-6-8-13(12(11)2)14(16)15(18)17-9-4-3-5-10-17/h6-8,14H,3-5,9-10H2,1-2H3. The van der Waals surface area contributed by atoms with Crippen LogP contribution in [-0.2, 0) is 4.79 Å². The Hall–Kier alpha value is -1.02. The molecule has 0 aliphatic carbocycles. The molecule has 0 saturated carbocycles. The van der Waals surface area contributed by atoms with Crippen LogP contribution in [0.5, 0.6) is 0 Å². The normalized spacial score (nSPS) is 17.6. The van der Waals surface area contributed by atoms with Gasteiger partial charge in [0.05, 0.1) is 0 Å². The van der Waals surface area contributed by atoms with Gasteiger partial charge in [-0.3, -0.25) is 4.79 Å². The number of piperidine rings is 1. The molecule has 1 saturated heterocycles. The lowest BCUT2D eigenvalue weighted by atomic mass is 9.99. The smallest absolute Gasteiger partial charge is 0.245 e. The second-order valence-electron chi connectivity index (χ2n) is 5.04. The Balaban J connectivity index is 2.17. The number of benzene rings is 1. The van der Waals surface area contributed by atoms with Gasteiger partial charge in [-0.25, -0.2) is 0 Å². The molecule has 0 N–H and O–H groups in total. The number of likely N-dealkylation sites (tertiary alicyclic amines) is 1. The molecule has 1 aromatic rings. The van der Waals surface area contributed by atoms with Crippen molar-refractivity contribution < 1.29 is 4.79 Å². The van der Waals surface area contributed by atoms with Crippen LogP contribution in [0.1, 0.15) is 41.3 Å². The second kappa shape index (κ2) is 5.75. The Morgan fingerprint density at radius 3 is 2.56 bits per heavy atom. The maximum Gasteiger partial charge on any atom is 0.245 e. The van der Waals surface area contributed by atoms with E-state index in [0.717, 1.165) is 37.1 Å². The zero-order chi connectivity index (χ0) is 13.1. The van der Waals surface area contributed by atoms with Crippen molar-refractivity contribution in [3.63, 3.8) is 0 Å². The van der Waals surface area contributed by atoms with Gasteiger partial charge in [0.15, 0.2) is 0 Å². The first-order valence-corrected chi connectivity index (χ1v) is 7.04. The predicted molar refractivity (Wildman–Crippen MR) is 74.9 cm³/mol. The van der Waals surface area contributed by atoms with E-state index < -0.39 is 5.38 Å². The van der Waals surface area contributed by atoms with Gasteiger partial charge in [-0.1, -0.05) is 18.2 Å². The number of hydrogen-bond acceptors (Lipinski definition) is 1. The van der Waals surface area contributed by atoms with Crippen LogP contribution in [0.3, 0.4) is 0 Å². The van der Waals surface area contributed by atoms with Gasteiger partial charge in [0, 0.05) is 13.1 Å². The molecule has 18 heavy (non-hydrogen) atoms. The Bertz CT molecular complexity index is 438. The predicted octanol–water partition coefficient (Wildman–Crippen LogP) is 3.60. The van der Waals surface area contributed by atoms with E-state index >= 15 is 0 Å². The van der Waals surface area contributed by atoms with Crippen LogP contribution in [0.25, 0.3) is 0 Å². The van der Waals surface area contributed by atoms with E-state index in [9.17, 15) is 4.79 Å². The van der Waals surface area contributed by atoms with Crippen molar-refractivity contribution >= 4 is 17.5 Å². The summed E-state index contributed by atoms with van der Waals surface area (Å²) < 4.78 is 0. The van der Waals surface area contributed by atoms with Crippen LogP contribution in [-0.4, -0.2) is 23.9 Å². The topological polar surface area (TPSA) is 20.3 Å². The van der Waals surface area contributed by atoms with E-state index in [1.165, 1.54) is 12.0 Å². The largest absolute Gasteiger partial charge is 0.341 e. The molecule has 1 aliphatic rings. The molecule has 2 rings (SSSR count). The summed E-state index contributed by atoms with van der Waals surface area (Å²) >= 11 is 6.38. The van der Waals surface area contributed by atoms with Gasteiger partial charge in [0.25, 0.3) is 0 Å². The molecule has 0 bridgehead atoms. The van der Waals surface area contributed by atoms with Gasteiger partial charge in [0.2, 0.25) is 5.91 Å². The highest BCUT2D eigenvalue weighted by Crippen LogP contribution is 2.28. The van der Waals surface area contributed by atoms with Crippen molar-refractivity contribution in [1.29, 1.82) is 0 Å². The van der Waals surface area contributed by atoms with Crippen LogP contribution in [0.4, 0.5) is 0 Å². The summed E-state index contributed by atoms with van der Waals surface area (Å²) in [4.78, 5) is 14.3. The zero-order valence-corrected chi connectivity index (χ0v) is 11.8. The Labute approximate surface area is 114 Å². The van der Waals surface area contributed by atoms with Gasteiger partial charge in [-0.15, -0.1) is 11.6 Å². The molecule has 1 fully saturated rings. The maximum atomic E-state index is 12.4. The molecule has 0 spiro atoms. The number of amides is 1. The first kappa shape index (κ1) is 13.4. The highest BCUT2D eigenvalue weighted by Gasteiger charge is 2.26.